The average Bonchev–Trinajstić information content (AvgIpc) is 3.37. The molecule has 2 heterocycles. The molecule has 9 heteroatoms. The van der Waals surface area contributed by atoms with Gasteiger partial charge in [0, 0.05) is 17.0 Å². The minimum Gasteiger partial charge on any atom is -0.324 e. The first kappa shape index (κ1) is 18.9. The maximum atomic E-state index is 13.4. The van der Waals surface area contributed by atoms with Crippen LogP contribution in [0.2, 0.25) is 0 Å². The van der Waals surface area contributed by atoms with Crippen LogP contribution >= 0.6 is 23.1 Å². The number of hydrogen-bond acceptors (Lipinski definition) is 6. The molecule has 142 valence electrons. The summed E-state index contributed by atoms with van der Waals surface area (Å²) in [6, 6.07) is 17.7. The molecule has 2 aromatic carbocycles. The number of benzene rings is 2. The molecule has 0 spiro atoms. The van der Waals surface area contributed by atoms with E-state index in [0.29, 0.717) is 22.3 Å². The minimum atomic E-state index is -2.48. The van der Waals surface area contributed by atoms with E-state index in [1.807, 2.05) is 23.6 Å². The van der Waals surface area contributed by atoms with Crippen LogP contribution < -0.4 is 5.32 Å². The van der Waals surface area contributed by atoms with Gasteiger partial charge in [-0.1, -0.05) is 30.3 Å². The van der Waals surface area contributed by atoms with Gasteiger partial charge in [0.25, 0.3) is 5.91 Å². The van der Waals surface area contributed by atoms with Gasteiger partial charge in [-0.2, -0.15) is 8.75 Å². The summed E-state index contributed by atoms with van der Waals surface area (Å²) >= 11 is 0.0173. The first-order valence-electron chi connectivity index (χ1n) is 8.32. The number of fused-ring (bicyclic) bond motifs is 1. The zero-order valence-corrected chi connectivity index (χ0v) is 16.9. The highest BCUT2D eigenvalue weighted by Crippen LogP contribution is 2.36. The van der Waals surface area contributed by atoms with E-state index in [1.165, 1.54) is 11.3 Å². The fourth-order valence-electron chi connectivity index (χ4n) is 3.00. The van der Waals surface area contributed by atoms with Crippen molar-refractivity contribution in [3.63, 3.8) is 0 Å². The van der Waals surface area contributed by atoms with Gasteiger partial charge in [-0.25, -0.2) is 4.21 Å². The van der Waals surface area contributed by atoms with Gasteiger partial charge in [0.1, 0.15) is 11.0 Å². The highest BCUT2D eigenvalue weighted by molar-refractivity contribution is 7.81. The molecule has 0 fully saturated rings. The number of amides is 1. The number of rotatable bonds is 6. The SMILES string of the molecule is O=C(Nc1ccccc1)C(Cc1cccs1)(c1ccc2nsnc2c1)S(=O)O. The number of nitrogens with zero attached hydrogens (tertiary/aromatic N) is 2. The molecular weight excluding hydrogens is 414 g/mol. The summed E-state index contributed by atoms with van der Waals surface area (Å²) in [7, 11) is 0. The van der Waals surface area contributed by atoms with E-state index in [0.717, 1.165) is 16.6 Å². The summed E-state index contributed by atoms with van der Waals surface area (Å²) in [5.41, 5.74) is 2.27. The van der Waals surface area contributed by atoms with E-state index < -0.39 is 21.7 Å². The Kier molecular flexibility index (Phi) is 5.31. The van der Waals surface area contributed by atoms with E-state index in [4.69, 9.17) is 0 Å². The predicted octanol–water partition coefficient (Wildman–Crippen LogP) is 4.05. The molecule has 2 N–H and O–H groups in total. The van der Waals surface area contributed by atoms with Crippen LogP contribution in [0, 0.1) is 0 Å². The Labute approximate surface area is 171 Å². The number of nitrogens with one attached hydrogen (secondary N) is 1. The molecule has 2 unspecified atom stereocenters. The van der Waals surface area contributed by atoms with Crippen LogP contribution in [0.15, 0.2) is 66.0 Å². The van der Waals surface area contributed by atoms with E-state index in [-0.39, 0.29) is 6.42 Å². The van der Waals surface area contributed by atoms with Crippen molar-refractivity contribution in [3.8, 4) is 0 Å². The van der Waals surface area contributed by atoms with Gasteiger partial charge in [0.15, 0.2) is 15.8 Å². The molecule has 0 radical (unpaired) electrons. The van der Waals surface area contributed by atoms with Gasteiger partial charge in [-0.3, -0.25) is 4.79 Å². The van der Waals surface area contributed by atoms with Crippen molar-refractivity contribution < 1.29 is 13.6 Å². The third-order valence-electron chi connectivity index (χ3n) is 4.42. The molecule has 0 saturated heterocycles. The standard InChI is InChI=1S/C19H15N3O3S3/c23-18(20-14-5-2-1-3-6-14)19(28(24)25,12-15-7-4-10-26-15)13-8-9-16-17(11-13)22-27-21-16/h1-11H,12H2,(H,20,23)(H,24,25). The number of carbonyl (C=O) groups is 1. The van der Waals surface area contributed by atoms with Crippen molar-refractivity contribution in [2.24, 2.45) is 0 Å². The summed E-state index contributed by atoms with van der Waals surface area (Å²) in [4.78, 5) is 14.2. The van der Waals surface area contributed by atoms with Crippen molar-refractivity contribution in [2.45, 2.75) is 11.2 Å². The molecule has 4 rings (SSSR count). The molecule has 0 aliphatic carbocycles. The van der Waals surface area contributed by atoms with Crippen LogP contribution in [-0.4, -0.2) is 23.4 Å². The first-order chi connectivity index (χ1) is 13.6. The van der Waals surface area contributed by atoms with Crippen LogP contribution in [0.4, 0.5) is 5.69 Å². The fraction of sp³-hybridized carbons (Fsp3) is 0.105. The molecular formula is C19H15N3O3S3. The van der Waals surface area contributed by atoms with Crippen LogP contribution in [0.3, 0.4) is 0 Å². The predicted molar refractivity (Wildman–Crippen MR) is 113 cm³/mol. The lowest BCUT2D eigenvalue weighted by atomic mass is 9.92. The second kappa shape index (κ2) is 7.88. The lowest BCUT2D eigenvalue weighted by molar-refractivity contribution is -0.118. The average molecular weight is 430 g/mol. The lowest BCUT2D eigenvalue weighted by Crippen LogP contribution is -2.45. The van der Waals surface area contributed by atoms with Gasteiger partial charge in [-0.15, -0.1) is 11.3 Å². The summed E-state index contributed by atoms with van der Waals surface area (Å²) in [6.45, 7) is 0. The number of anilines is 1. The number of para-hydroxylation sites is 1. The second-order valence-electron chi connectivity index (χ2n) is 6.12. The third kappa shape index (κ3) is 3.49. The quantitative estimate of drug-likeness (QED) is 0.451. The zero-order valence-electron chi connectivity index (χ0n) is 14.4. The molecule has 2 atom stereocenters. The maximum Gasteiger partial charge on any atom is 0.250 e. The molecule has 1 amide bonds. The molecule has 0 saturated carbocycles. The molecule has 2 aromatic heterocycles. The summed E-state index contributed by atoms with van der Waals surface area (Å²) in [6.07, 6.45) is 0.0928. The maximum absolute atomic E-state index is 13.4. The van der Waals surface area contributed by atoms with Crippen LogP contribution in [0.1, 0.15) is 10.4 Å². The normalized spacial score (nSPS) is 14.5. The number of hydrogen-bond donors (Lipinski definition) is 2. The van der Waals surface area contributed by atoms with Gasteiger partial charge < -0.3 is 9.87 Å². The molecule has 0 bridgehead atoms. The Morgan fingerprint density at radius 1 is 1.07 bits per heavy atom. The summed E-state index contributed by atoms with van der Waals surface area (Å²) < 4.78 is 29.7. The van der Waals surface area contributed by atoms with Crippen LogP contribution in [0.25, 0.3) is 11.0 Å². The van der Waals surface area contributed by atoms with E-state index in [2.05, 4.69) is 14.1 Å². The smallest absolute Gasteiger partial charge is 0.250 e. The van der Waals surface area contributed by atoms with Crippen molar-refractivity contribution in [3.05, 3.63) is 76.5 Å². The van der Waals surface area contributed by atoms with E-state index in [9.17, 15) is 13.6 Å². The highest BCUT2D eigenvalue weighted by atomic mass is 32.2. The van der Waals surface area contributed by atoms with Crippen LogP contribution in [-0.2, 0) is 27.0 Å². The first-order valence-corrected chi connectivity index (χ1v) is 11.0. The number of carbonyl (C=O) groups excluding carboxylic acids is 1. The van der Waals surface area contributed by atoms with E-state index in [1.54, 1.807) is 42.5 Å². The highest BCUT2D eigenvalue weighted by Gasteiger charge is 2.47. The molecule has 28 heavy (non-hydrogen) atoms. The summed E-state index contributed by atoms with van der Waals surface area (Å²) in [5, 5.41) is 4.67. The van der Waals surface area contributed by atoms with Crippen molar-refractivity contribution >= 4 is 56.8 Å². The minimum absolute atomic E-state index is 0.0928. The molecule has 4 aromatic rings. The Morgan fingerprint density at radius 2 is 1.86 bits per heavy atom. The largest absolute Gasteiger partial charge is 0.324 e. The Balaban J connectivity index is 1.84. The molecule has 0 aliphatic heterocycles. The molecule has 0 aliphatic rings. The second-order valence-corrected chi connectivity index (χ2v) is 8.88. The van der Waals surface area contributed by atoms with Crippen molar-refractivity contribution in [2.75, 3.05) is 5.32 Å². The Bertz CT molecular complexity index is 1130. The molecule has 6 nitrogen and oxygen atoms in total. The van der Waals surface area contributed by atoms with Crippen molar-refractivity contribution in [1.82, 2.24) is 8.75 Å². The Morgan fingerprint density at radius 3 is 2.57 bits per heavy atom. The van der Waals surface area contributed by atoms with E-state index >= 15 is 0 Å². The van der Waals surface area contributed by atoms with Gasteiger partial charge in [-0.05, 0) is 41.3 Å². The van der Waals surface area contributed by atoms with Gasteiger partial charge in [0.2, 0.25) is 0 Å². The fourth-order valence-corrected chi connectivity index (χ4v) is 5.22. The number of aromatic nitrogens is 2. The van der Waals surface area contributed by atoms with Crippen LogP contribution in [0.5, 0.6) is 0 Å². The van der Waals surface area contributed by atoms with Gasteiger partial charge >= 0.3 is 0 Å². The summed E-state index contributed by atoms with van der Waals surface area (Å²) in [5.74, 6) is -0.546. The number of thiophene rings is 1. The van der Waals surface area contributed by atoms with Crippen molar-refractivity contribution in [1.29, 1.82) is 0 Å². The third-order valence-corrected chi connectivity index (χ3v) is 7.01. The monoisotopic (exact) mass is 429 g/mol. The Hall–Kier alpha value is -2.46. The zero-order chi connectivity index (χ0) is 19.6. The van der Waals surface area contributed by atoms with Gasteiger partial charge in [0.05, 0.1) is 11.7 Å². The topological polar surface area (TPSA) is 92.2 Å². The lowest BCUT2D eigenvalue weighted by Gasteiger charge is -2.29.